The number of amides is 2. The Morgan fingerprint density at radius 3 is 2.63 bits per heavy atom. The molecule has 1 aliphatic rings. The van der Waals surface area contributed by atoms with E-state index in [1.165, 1.54) is 5.56 Å². The van der Waals surface area contributed by atoms with Crippen LogP contribution in [0.15, 0.2) is 18.2 Å². The molecule has 27 heavy (non-hydrogen) atoms. The van der Waals surface area contributed by atoms with Crippen LogP contribution >= 0.6 is 0 Å². The van der Waals surface area contributed by atoms with E-state index in [0.29, 0.717) is 6.54 Å². The van der Waals surface area contributed by atoms with Gasteiger partial charge in [-0.3, -0.25) is 4.79 Å². The van der Waals surface area contributed by atoms with Crippen LogP contribution in [0.5, 0.6) is 0 Å². The second kappa shape index (κ2) is 8.46. The van der Waals surface area contributed by atoms with Gasteiger partial charge in [0.05, 0.1) is 6.42 Å². The number of hydrogen-bond acceptors (Lipinski definition) is 3. The Kier molecular flexibility index (Phi) is 6.04. The van der Waals surface area contributed by atoms with Gasteiger partial charge in [-0.05, 0) is 64.2 Å². The zero-order chi connectivity index (χ0) is 19.4. The number of benzene rings is 1. The predicted molar refractivity (Wildman–Crippen MR) is 106 cm³/mol. The number of aromatic nitrogens is 1. The van der Waals surface area contributed by atoms with E-state index in [2.05, 4.69) is 40.7 Å². The van der Waals surface area contributed by atoms with E-state index in [4.69, 9.17) is 4.74 Å². The lowest BCUT2D eigenvalue weighted by Crippen LogP contribution is -2.44. The standard InChI is InChI=1S/C21H29N3O3/c1-4-22-21(26)24-15-6-8-16(9-7-15)27-20(25)12-17-14(3)23-19-10-5-13(2)11-18(17)19/h5,10-11,15-16,23H,4,6-9,12H2,1-3H3,(H2,22,24,26). The lowest BCUT2D eigenvalue weighted by molar-refractivity contribution is -0.149. The fraction of sp³-hybridized carbons (Fsp3) is 0.524. The third kappa shape index (κ3) is 4.81. The van der Waals surface area contributed by atoms with Crippen molar-refractivity contribution in [1.29, 1.82) is 0 Å². The molecule has 0 atom stereocenters. The van der Waals surface area contributed by atoms with Crippen LogP contribution in [0.3, 0.4) is 0 Å². The maximum atomic E-state index is 12.5. The number of fused-ring (bicyclic) bond motifs is 1. The Hall–Kier alpha value is -2.50. The van der Waals surface area contributed by atoms with E-state index in [0.717, 1.165) is 47.8 Å². The van der Waals surface area contributed by atoms with Crippen molar-refractivity contribution < 1.29 is 14.3 Å². The van der Waals surface area contributed by atoms with Crippen LogP contribution in [0.4, 0.5) is 4.79 Å². The van der Waals surface area contributed by atoms with Gasteiger partial charge in [-0.2, -0.15) is 0 Å². The normalized spacial score (nSPS) is 19.7. The summed E-state index contributed by atoms with van der Waals surface area (Å²) >= 11 is 0. The van der Waals surface area contributed by atoms with E-state index in [1.807, 2.05) is 13.8 Å². The molecule has 0 saturated heterocycles. The number of aromatic amines is 1. The summed E-state index contributed by atoms with van der Waals surface area (Å²) in [7, 11) is 0. The molecule has 1 heterocycles. The molecule has 0 spiro atoms. The van der Waals surface area contributed by atoms with Crippen LogP contribution in [0.1, 0.15) is 49.4 Å². The summed E-state index contributed by atoms with van der Waals surface area (Å²) < 4.78 is 5.72. The minimum atomic E-state index is -0.180. The monoisotopic (exact) mass is 371 g/mol. The fourth-order valence-electron chi connectivity index (χ4n) is 3.82. The smallest absolute Gasteiger partial charge is 0.314 e. The summed E-state index contributed by atoms with van der Waals surface area (Å²) in [5, 5.41) is 6.81. The van der Waals surface area contributed by atoms with Crippen LogP contribution in [-0.2, 0) is 16.0 Å². The molecule has 1 saturated carbocycles. The van der Waals surface area contributed by atoms with Crippen molar-refractivity contribution in [3.8, 4) is 0 Å². The molecule has 146 valence electrons. The number of esters is 1. The van der Waals surface area contributed by atoms with Crippen molar-refractivity contribution in [3.63, 3.8) is 0 Å². The van der Waals surface area contributed by atoms with E-state index in [1.54, 1.807) is 0 Å². The third-order valence-electron chi connectivity index (χ3n) is 5.24. The molecule has 0 aliphatic heterocycles. The molecule has 3 N–H and O–H groups in total. The van der Waals surface area contributed by atoms with Crippen molar-refractivity contribution in [2.75, 3.05) is 6.54 Å². The lowest BCUT2D eigenvalue weighted by atomic mass is 9.93. The molecule has 1 aromatic heterocycles. The second-order valence-electron chi connectivity index (χ2n) is 7.42. The SMILES string of the molecule is CCNC(=O)NC1CCC(OC(=O)Cc2c(C)[nH]c3ccc(C)cc23)CC1. The van der Waals surface area contributed by atoms with Gasteiger partial charge in [-0.25, -0.2) is 4.79 Å². The number of ether oxygens (including phenoxy) is 1. The molecular weight excluding hydrogens is 342 g/mol. The Morgan fingerprint density at radius 2 is 1.93 bits per heavy atom. The maximum absolute atomic E-state index is 12.5. The quantitative estimate of drug-likeness (QED) is 0.704. The molecule has 0 radical (unpaired) electrons. The van der Waals surface area contributed by atoms with Gasteiger partial charge < -0.3 is 20.4 Å². The molecule has 0 unspecified atom stereocenters. The van der Waals surface area contributed by atoms with Crippen LogP contribution < -0.4 is 10.6 Å². The first-order chi connectivity index (χ1) is 13.0. The van der Waals surface area contributed by atoms with Gasteiger partial charge in [-0.15, -0.1) is 0 Å². The average molecular weight is 371 g/mol. The number of hydrogen-bond donors (Lipinski definition) is 3. The Morgan fingerprint density at radius 1 is 1.19 bits per heavy atom. The molecule has 6 nitrogen and oxygen atoms in total. The fourth-order valence-corrected chi connectivity index (χ4v) is 3.82. The van der Waals surface area contributed by atoms with Gasteiger partial charge in [0.25, 0.3) is 0 Å². The van der Waals surface area contributed by atoms with Crippen LogP contribution in [0, 0.1) is 13.8 Å². The summed E-state index contributed by atoms with van der Waals surface area (Å²) in [5.41, 5.74) is 4.26. The van der Waals surface area contributed by atoms with E-state index < -0.39 is 0 Å². The number of urea groups is 1. The zero-order valence-electron chi connectivity index (χ0n) is 16.4. The molecule has 1 aromatic carbocycles. The number of carbonyl (C=O) groups is 2. The minimum Gasteiger partial charge on any atom is -0.462 e. The van der Waals surface area contributed by atoms with Gasteiger partial charge in [0.15, 0.2) is 0 Å². The summed E-state index contributed by atoms with van der Waals surface area (Å²) in [6.45, 7) is 6.56. The van der Waals surface area contributed by atoms with Crippen molar-refractivity contribution in [1.82, 2.24) is 15.6 Å². The van der Waals surface area contributed by atoms with Crippen molar-refractivity contribution >= 4 is 22.9 Å². The zero-order valence-corrected chi connectivity index (χ0v) is 16.4. The van der Waals surface area contributed by atoms with Gasteiger partial charge >= 0.3 is 12.0 Å². The Balaban J connectivity index is 1.53. The first kappa shape index (κ1) is 19.3. The van der Waals surface area contributed by atoms with Crippen LogP contribution in [-0.4, -0.2) is 35.7 Å². The first-order valence-corrected chi connectivity index (χ1v) is 9.78. The summed E-state index contributed by atoms with van der Waals surface area (Å²) in [4.78, 5) is 27.4. The van der Waals surface area contributed by atoms with E-state index in [-0.39, 0.29) is 30.6 Å². The highest BCUT2D eigenvalue weighted by molar-refractivity contribution is 5.89. The predicted octanol–water partition coefficient (Wildman–Crippen LogP) is 3.50. The van der Waals surface area contributed by atoms with E-state index in [9.17, 15) is 9.59 Å². The summed E-state index contributed by atoms with van der Waals surface area (Å²) in [6.07, 6.45) is 3.47. The second-order valence-corrected chi connectivity index (χ2v) is 7.42. The molecule has 1 fully saturated rings. The number of H-pyrrole nitrogens is 1. The molecule has 0 bridgehead atoms. The minimum absolute atomic E-state index is 0.0583. The largest absolute Gasteiger partial charge is 0.462 e. The summed E-state index contributed by atoms with van der Waals surface area (Å²) in [5.74, 6) is -0.180. The molecular formula is C21H29N3O3. The molecule has 2 amide bonds. The number of nitrogens with one attached hydrogen (secondary N) is 3. The van der Waals surface area contributed by atoms with Gasteiger partial charge in [-0.1, -0.05) is 11.6 Å². The van der Waals surface area contributed by atoms with Crippen LogP contribution in [0.2, 0.25) is 0 Å². The number of aryl methyl sites for hydroxylation is 2. The topological polar surface area (TPSA) is 83.2 Å². The van der Waals surface area contributed by atoms with Gasteiger partial charge in [0.1, 0.15) is 6.10 Å². The highest BCUT2D eigenvalue weighted by atomic mass is 16.5. The highest BCUT2D eigenvalue weighted by Crippen LogP contribution is 2.26. The maximum Gasteiger partial charge on any atom is 0.314 e. The van der Waals surface area contributed by atoms with Crippen molar-refractivity contribution in [2.45, 2.75) is 65.0 Å². The molecule has 2 aromatic rings. The van der Waals surface area contributed by atoms with Crippen LogP contribution in [0.25, 0.3) is 10.9 Å². The van der Waals surface area contributed by atoms with E-state index >= 15 is 0 Å². The van der Waals surface area contributed by atoms with Crippen molar-refractivity contribution in [3.05, 3.63) is 35.0 Å². The lowest BCUT2D eigenvalue weighted by Gasteiger charge is -2.28. The number of carbonyl (C=O) groups excluding carboxylic acids is 2. The molecule has 6 heteroatoms. The van der Waals surface area contributed by atoms with Gasteiger partial charge in [0.2, 0.25) is 0 Å². The molecule has 3 rings (SSSR count). The Labute approximate surface area is 160 Å². The van der Waals surface area contributed by atoms with Gasteiger partial charge in [0, 0.05) is 29.2 Å². The Bertz CT molecular complexity index is 819. The molecule has 1 aliphatic carbocycles. The highest BCUT2D eigenvalue weighted by Gasteiger charge is 2.25. The third-order valence-corrected chi connectivity index (χ3v) is 5.24. The average Bonchev–Trinajstić information content (AvgIpc) is 2.92. The van der Waals surface area contributed by atoms with Crippen molar-refractivity contribution in [2.24, 2.45) is 0 Å². The summed E-state index contributed by atoms with van der Waals surface area (Å²) in [6, 6.07) is 6.26. The first-order valence-electron chi connectivity index (χ1n) is 9.78. The number of rotatable bonds is 5.